The van der Waals surface area contributed by atoms with E-state index in [1.807, 2.05) is 0 Å². The lowest BCUT2D eigenvalue weighted by Crippen LogP contribution is -2.40. The molecule has 8 heteroatoms. The topological polar surface area (TPSA) is 93.7 Å². The van der Waals surface area contributed by atoms with Gasteiger partial charge in [-0.25, -0.2) is 13.1 Å². The molecule has 0 radical (unpaired) electrons. The monoisotopic (exact) mass is 406 g/mol. The van der Waals surface area contributed by atoms with E-state index in [1.165, 1.54) is 24.3 Å². The third-order valence-electron chi connectivity index (χ3n) is 3.79. The van der Waals surface area contributed by atoms with Gasteiger partial charge in [0.2, 0.25) is 10.0 Å². The fraction of sp³-hybridized carbons (Fsp3) is 0.350. The van der Waals surface area contributed by atoms with Gasteiger partial charge in [-0.3, -0.25) is 4.79 Å². The van der Waals surface area contributed by atoms with Crippen molar-refractivity contribution in [3.8, 4) is 11.5 Å². The number of benzene rings is 2. The number of hydrogen-bond acceptors (Lipinski definition) is 5. The quantitative estimate of drug-likeness (QED) is 0.737. The minimum absolute atomic E-state index is 0.105. The molecule has 0 spiro atoms. The van der Waals surface area contributed by atoms with Gasteiger partial charge in [0.25, 0.3) is 5.91 Å². The Labute approximate surface area is 166 Å². The number of hydrogen-bond donors (Lipinski definition) is 2. The first-order valence-corrected chi connectivity index (χ1v) is 10.2. The summed E-state index contributed by atoms with van der Waals surface area (Å²) >= 11 is 0. The van der Waals surface area contributed by atoms with E-state index in [2.05, 4.69) is 10.0 Å². The van der Waals surface area contributed by atoms with Crippen molar-refractivity contribution in [3.05, 3.63) is 53.6 Å². The fourth-order valence-electron chi connectivity index (χ4n) is 2.55. The summed E-state index contributed by atoms with van der Waals surface area (Å²) in [6.07, 6.45) is 0. The third-order valence-corrected chi connectivity index (χ3v) is 5.57. The molecule has 2 N–H and O–H groups in total. The second kappa shape index (κ2) is 8.62. The van der Waals surface area contributed by atoms with Crippen molar-refractivity contribution in [1.82, 2.24) is 10.0 Å². The Balaban J connectivity index is 2.10. The summed E-state index contributed by atoms with van der Waals surface area (Å²) in [5.41, 5.74) is 0.533. The summed E-state index contributed by atoms with van der Waals surface area (Å²) in [5.74, 6) is 0.972. The van der Waals surface area contributed by atoms with E-state index in [-0.39, 0.29) is 17.3 Å². The largest absolute Gasteiger partial charge is 0.497 e. The molecule has 7 nitrogen and oxygen atoms in total. The molecule has 1 amide bonds. The van der Waals surface area contributed by atoms with Crippen molar-refractivity contribution in [1.29, 1.82) is 0 Å². The second-order valence-electron chi connectivity index (χ2n) is 7.24. The van der Waals surface area contributed by atoms with E-state index >= 15 is 0 Å². The van der Waals surface area contributed by atoms with E-state index in [4.69, 9.17) is 9.47 Å². The molecule has 0 saturated heterocycles. The third kappa shape index (κ3) is 5.71. The SMILES string of the molecule is COc1ccc(OC)c(CNC(=O)c2ccc(S(=O)(=O)NC(C)(C)C)cc2)c1. The zero-order valence-electron chi connectivity index (χ0n) is 16.7. The Morgan fingerprint density at radius 3 is 2.18 bits per heavy atom. The lowest BCUT2D eigenvalue weighted by atomic mass is 10.1. The number of ether oxygens (including phenoxy) is 2. The number of sulfonamides is 1. The molecule has 0 aromatic heterocycles. The van der Waals surface area contributed by atoms with Crippen molar-refractivity contribution >= 4 is 15.9 Å². The molecule has 0 heterocycles. The van der Waals surface area contributed by atoms with Crippen LogP contribution in [-0.4, -0.2) is 34.1 Å². The molecule has 152 valence electrons. The summed E-state index contributed by atoms with van der Waals surface area (Å²) in [6, 6.07) is 11.1. The molecular formula is C20H26N2O5S. The first-order valence-electron chi connectivity index (χ1n) is 8.69. The molecule has 0 atom stereocenters. The van der Waals surface area contributed by atoms with Gasteiger partial charge >= 0.3 is 0 Å². The first kappa shape index (κ1) is 21.7. The molecule has 0 bridgehead atoms. The summed E-state index contributed by atoms with van der Waals surface area (Å²) in [7, 11) is -0.527. The molecule has 2 aromatic carbocycles. The molecular weight excluding hydrogens is 380 g/mol. The van der Waals surface area contributed by atoms with Crippen molar-refractivity contribution in [2.24, 2.45) is 0 Å². The molecule has 0 aliphatic heterocycles. The number of amides is 1. The molecule has 2 aromatic rings. The lowest BCUT2D eigenvalue weighted by molar-refractivity contribution is 0.0950. The normalized spacial score (nSPS) is 11.8. The average Bonchev–Trinajstić information content (AvgIpc) is 2.64. The van der Waals surface area contributed by atoms with Crippen molar-refractivity contribution in [2.75, 3.05) is 14.2 Å². The summed E-state index contributed by atoms with van der Waals surface area (Å²) < 4.78 is 37.7. The maximum Gasteiger partial charge on any atom is 0.251 e. The van der Waals surface area contributed by atoms with Crippen molar-refractivity contribution in [2.45, 2.75) is 37.8 Å². The smallest absolute Gasteiger partial charge is 0.251 e. The molecule has 0 aliphatic rings. The minimum atomic E-state index is -3.64. The van der Waals surface area contributed by atoms with Crippen LogP contribution in [-0.2, 0) is 16.6 Å². The van der Waals surface area contributed by atoms with Crippen LogP contribution >= 0.6 is 0 Å². The first-order chi connectivity index (χ1) is 13.1. The van der Waals surface area contributed by atoms with E-state index in [0.717, 1.165) is 5.56 Å². The van der Waals surface area contributed by atoms with Gasteiger partial charge in [-0.2, -0.15) is 0 Å². The fourth-order valence-corrected chi connectivity index (χ4v) is 3.96. The Morgan fingerprint density at radius 1 is 1.00 bits per heavy atom. The van der Waals surface area contributed by atoms with Crippen LogP contribution in [0.4, 0.5) is 0 Å². The Morgan fingerprint density at radius 2 is 1.64 bits per heavy atom. The maximum absolute atomic E-state index is 12.4. The van der Waals surface area contributed by atoms with Gasteiger partial charge < -0.3 is 14.8 Å². The zero-order chi connectivity index (χ0) is 20.9. The van der Waals surface area contributed by atoms with E-state index in [1.54, 1.807) is 53.2 Å². The summed E-state index contributed by atoms with van der Waals surface area (Å²) in [5, 5.41) is 2.80. The average molecular weight is 407 g/mol. The highest BCUT2D eigenvalue weighted by Crippen LogP contribution is 2.24. The van der Waals surface area contributed by atoms with Gasteiger partial charge in [-0.15, -0.1) is 0 Å². The van der Waals surface area contributed by atoms with Gasteiger partial charge in [-0.1, -0.05) is 0 Å². The van der Waals surface area contributed by atoms with Gasteiger partial charge in [-0.05, 0) is 63.2 Å². The highest BCUT2D eigenvalue weighted by Gasteiger charge is 2.22. The number of nitrogens with one attached hydrogen (secondary N) is 2. The van der Waals surface area contributed by atoms with Crippen LogP contribution < -0.4 is 19.5 Å². The van der Waals surface area contributed by atoms with Crippen LogP contribution in [0.5, 0.6) is 11.5 Å². The Bertz CT molecular complexity index is 932. The number of methoxy groups -OCH3 is 2. The standard InChI is InChI=1S/C20H26N2O5S/c1-20(2,3)22-28(24,25)17-9-6-14(7-10-17)19(23)21-13-15-12-16(26-4)8-11-18(15)27-5/h6-12,22H,13H2,1-5H3,(H,21,23). The van der Waals surface area contributed by atoms with Crippen molar-refractivity contribution < 1.29 is 22.7 Å². The van der Waals surface area contributed by atoms with Crippen molar-refractivity contribution in [3.63, 3.8) is 0 Å². The molecule has 0 saturated carbocycles. The van der Waals surface area contributed by atoms with Crippen LogP contribution in [0.25, 0.3) is 0 Å². The van der Waals surface area contributed by atoms with Crippen LogP contribution in [0.2, 0.25) is 0 Å². The van der Waals surface area contributed by atoms with Crippen LogP contribution in [0, 0.1) is 0 Å². The highest BCUT2D eigenvalue weighted by molar-refractivity contribution is 7.89. The van der Waals surface area contributed by atoms with Crippen LogP contribution in [0.3, 0.4) is 0 Å². The van der Waals surface area contributed by atoms with E-state index in [0.29, 0.717) is 17.1 Å². The molecule has 2 rings (SSSR count). The second-order valence-corrected chi connectivity index (χ2v) is 8.92. The van der Waals surface area contributed by atoms with Crippen LogP contribution in [0.1, 0.15) is 36.7 Å². The summed E-state index contributed by atoms with van der Waals surface area (Å²) in [4.78, 5) is 12.5. The minimum Gasteiger partial charge on any atom is -0.497 e. The maximum atomic E-state index is 12.4. The number of carbonyl (C=O) groups excluding carboxylic acids is 1. The lowest BCUT2D eigenvalue weighted by Gasteiger charge is -2.20. The van der Waals surface area contributed by atoms with Gasteiger partial charge in [0.15, 0.2) is 0 Å². The van der Waals surface area contributed by atoms with E-state index in [9.17, 15) is 13.2 Å². The molecule has 28 heavy (non-hydrogen) atoms. The predicted molar refractivity (Wildman–Crippen MR) is 107 cm³/mol. The number of carbonyl (C=O) groups is 1. The van der Waals surface area contributed by atoms with E-state index < -0.39 is 15.6 Å². The van der Waals surface area contributed by atoms with Gasteiger partial charge in [0.05, 0.1) is 19.1 Å². The predicted octanol–water partition coefficient (Wildman–Crippen LogP) is 2.71. The molecule has 0 fully saturated rings. The highest BCUT2D eigenvalue weighted by atomic mass is 32.2. The van der Waals surface area contributed by atoms with Crippen LogP contribution in [0.15, 0.2) is 47.4 Å². The molecule has 0 aliphatic carbocycles. The van der Waals surface area contributed by atoms with Gasteiger partial charge in [0, 0.05) is 23.2 Å². The Kier molecular flexibility index (Phi) is 6.69. The number of rotatable bonds is 7. The van der Waals surface area contributed by atoms with Gasteiger partial charge in [0.1, 0.15) is 11.5 Å². The zero-order valence-corrected chi connectivity index (χ0v) is 17.5. The molecule has 0 unspecified atom stereocenters. The summed E-state index contributed by atoms with van der Waals surface area (Å²) in [6.45, 7) is 5.53. The Hall–Kier alpha value is -2.58.